The Morgan fingerprint density at radius 3 is 2.80 bits per heavy atom. The number of methoxy groups -OCH3 is 1. The minimum Gasteiger partial charge on any atom is -0.494 e. The molecule has 214 valence electrons. The molecule has 0 spiro atoms. The Hall–Kier alpha value is -4.58. The van der Waals surface area contributed by atoms with Crippen LogP contribution < -0.4 is 15.0 Å². The Labute approximate surface area is 235 Å². The van der Waals surface area contributed by atoms with E-state index in [4.69, 9.17) is 9.47 Å². The molecule has 1 aliphatic rings. The van der Waals surface area contributed by atoms with Crippen LogP contribution in [0.15, 0.2) is 55.0 Å². The number of ether oxygens (including phenoxy) is 2. The predicted octanol–water partition coefficient (Wildman–Crippen LogP) is 4.04. The van der Waals surface area contributed by atoms with Crippen molar-refractivity contribution in [1.82, 2.24) is 19.7 Å². The number of halogens is 1. The number of benzene rings is 2. The van der Waals surface area contributed by atoms with Crippen LogP contribution in [0.5, 0.6) is 5.75 Å². The first kappa shape index (κ1) is 28.0. The van der Waals surface area contributed by atoms with Crippen LogP contribution in [0.25, 0.3) is 10.9 Å². The highest BCUT2D eigenvalue weighted by Gasteiger charge is 2.31. The van der Waals surface area contributed by atoms with Gasteiger partial charge in [-0.05, 0) is 44.0 Å². The largest absolute Gasteiger partial charge is 0.494 e. The van der Waals surface area contributed by atoms with Crippen LogP contribution >= 0.6 is 0 Å². The molecule has 2 N–H and O–H groups in total. The zero-order valence-corrected chi connectivity index (χ0v) is 23.0. The minimum atomic E-state index is -0.898. The summed E-state index contributed by atoms with van der Waals surface area (Å²) < 4.78 is 27.0. The summed E-state index contributed by atoms with van der Waals surface area (Å²) in [6, 6.07) is 9.46. The maximum Gasteiger partial charge on any atom is 0.308 e. The number of carboxylic acid groups (broad SMARTS) is 1. The van der Waals surface area contributed by atoms with E-state index >= 15 is 0 Å². The fourth-order valence-corrected chi connectivity index (χ4v) is 4.87. The Balaban J connectivity index is 1.41. The Morgan fingerprint density at radius 1 is 1.27 bits per heavy atom. The fourth-order valence-electron chi connectivity index (χ4n) is 4.87. The smallest absolute Gasteiger partial charge is 0.308 e. The zero-order chi connectivity index (χ0) is 29.1. The number of carbonyl (C=O) groups is 2. The van der Waals surface area contributed by atoms with Gasteiger partial charge in [0, 0.05) is 60.4 Å². The zero-order valence-electron chi connectivity index (χ0n) is 23.0. The third-order valence-corrected chi connectivity index (χ3v) is 7.22. The average molecular weight is 563 g/mol. The highest BCUT2D eigenvalue weighted by atomic mass is 19.1. The molecule has 0 bridgehead atoms. The van der Waals surface area contributed by atoms with Crippen molar-refractivity contribution in [2.24, 2.45) is 13.0 Å². The number of aryl methyl sites for hydroxylation is 1. The van der Waals surface area contributed by atoms with Crippen molar-refractivity contribution in [2.45, 2.75) is 38.5 Å². The summed E-state index contributed by atoms with van der Waals surface area (Å²) in [7, 11) is 3.16. The second-order valence-corrected chi connectivity index (χ2v) is 10.1. The molecule has 0 saturated carbocycles. The van der Waals surface area contributed by atoms with Gasteiger partial charge in [-0.15, -0.1) is 0 Å². The highest BCUT2D eigenvalue weighted by molar-refractivity contribution is 6.07. The number of aromatic nitrogens is 4. The fraction of sp³-hybridized carbons (Fsp3) is 0.345. The van der Waals surface area contributed by atoms with Gasteiger partial charge in [-0.2, -0.15) is 5.10 Å². The van der Waals surface area contributed by atoms with Crippen LogP contribution in [0.1, 0.15) is 35.7 Å². The summed E-state index contributed by atoms with van der Waals surface area (Å²) in [5.74, 6) is -1.99. The number of carboxylic acids is 1. The van der Waals surface area contributed by atoms with Crippen LogP contribution in [-0.4, -0.2) is 62.6 Å². The van der Waals surface area contributed by atoms with Gasteiger partial charge in [0.2, 0.25) is 5.95 Å². The van der Waals surface area contributed by atoms with E-state index in [-0.39, 0.29) is 24.2 Å². The summed E-state index contributed by atoms with van der Waals surface area (Å²) >= 11 is 0. The molecule has 1 fully saturated rings. The molecule has 4 aromatic rings. The molecule has 12 heteroatoms. The Morgan fingerprint density at radius 2 is 2.10 bits per heavy atom. The van der Waals surface area contributed by atoms with Crippen LogP contribution in [-0.2, 0) is 23.1 Å². The van der Waals surface area contributed by atoms with E-state index in [1.165, 1.54) is 24.1 Å². The maximum absolute atomic E-state index is 14.6. The third kappa shape index (κ3) is 6.27. The number of rotatable bonds is 9. The first-order valence-electron chi connectivity index (χ1n) is 13.2. The summed E-state index contributed by atoms with van der Waals surface area (Å²) in [6.07, 6.45) is 5.91. The van der Waals surface area contributed by atoms with E-state index in [9.17, 15) is 19.1 Å². The molecule has 0 unspecified atom stereocenters. The molecule has 0 radical (unpaired) electrons. The second kappa shape index (κ2) is 11.9. The van der Waals surface area contributed by atoms with Crippen LogP contribution in [0.3, 0.4) is 0 Å². The molecule has 1 amide bonds. The first-order chi connectivity index (χ1) is 19.7. The second-order valence-electron chi connectivity index (χ2n) is 10.1. The van der Waals surface area contributed by atoms with Gasteiger partial charge in [0.15, 0.2) is 11.6 Å². The van der Waals surface area contributed by atoms with E-state index in [2.05, 4.69) is 20.4 Å². The minimum absolute atomic E-state index is 0.0576. The SMILES string of the molecule is COc1ccc(N(Cc2cnn(C)c2)C(=O)c2ccc3cnc(N[C@H]4CCO[C@H]([C@H](C)C(=O)O)C4)nc3c2)cc1F. The first-order valence-corrected chi connectivity index (χ1v) is 13.2. The van der Waals surface area contributed by atoms with Crippen LogP contribution in [0.4, 0.5) is 16.0 Å². The van der Waals surface area contributed by atoms with Crippen molar-refractivity contribution < 1.29 is 28.6 Å². The summed E-state index contributed by atoms with van der Waals surface area (Å²) in [6.45, 7) is 2.25. The molecule has 1 saturated heterocycles. The third-order valence-electron chi connectivity index (χ3n) is 7.22. The van der Waals surface area contributed by atoms with Gasteiger partial charge < -0.3 is 24.8 Å². The average Bonchev–Trinajstić information content (AvgIpc) is 3.39. The Bertz CT molecular complexity index is 1580. The molecule has 3 atom stereocenters. The molecule has 3 heterocycles. The number of amides is 1. The van der Waals surface area contributed by atoms with E-state index in [0.29, 0.717) is 42.2 Å². The van der Waals surface area contributed by atoms with Gasteiger partial charge in [0.25, 0.3) is 5.91 Å². The van der Waals surface area contributed by atoms with Gasteiger partial charge in [-0.25, -0.2) is 14.4 Å². The molecule has 11 nitrogen and oxygen atoms in total. The van der Waals surface area contributed by atoms with Gasteiger partial charge in [-0.1, -0.05) is 6.07 Å². The molecular formula is C29H31FN6O5. The van der Waals surface area contributed by atoms with E-state index < -0.39 is 23.8 Å². The van der Waals surface area contributed by atoms with E-state index in [1.807, 2.05) is 0 Å². The van der Waals surface area contributed by atoms with Gasteiger partial charge in [0.05, 0.1) is 37.4 Å². The van der Waals surface area contributed by atoms with Gasteiger partial charge >= 0.3 is 5.97 Å². The lowest BCUT2D eigenvalue weighted by Gasteiger charge is -2.32. The Kier molecular flexibility index (Phi) is 8.11. The summed E-state index contributed by atoms with van der Waals surface area (Å²) in [5, 5.41) is 17.6. The van der Waals surface area contributed by atoms with Crippen LogP contribution in [0, 0.1) is 11.7 Å². The number of anilines is 2. The van der Waals surface area contributed by atoms with Crippen molar-refractivity contribution >= 4 is 34.4 Å². The molecule has 5 rings (SSSR count). The number of aliphatic carboxylic acids is 1. The predicted molar refractivity (Wildman–Crippen MR) is 149 cm³/mol. The number of hydrogen-bond donors (Lipinski definition) is 2. The molecule has 0 aliphatic carbocycles. The molecule has 1 aliphatic heterocycles. The lowest BCUT2D eigenvalue weighted by atomic mass is 9.94. The maximum atomic E-state index is 14.6. The number of carbonyl (C=O) groups excluding carboxylic acids is 1. The number of fused-ring (bicyclic) bond motifs is 1. The lowest BCUT2D eigenvalue weighted by Crippen LogP contribution is -2.40. The van der Waals surface area contributed by atoms with Gasteiger partial charge in [-0.3, -0.25) is 14.3 Å². The monoisotopic (exact) mass is 562 g/mol. The quantitative estimate of drug-likeness (QED) is 0.310. The highest BCUT2D eigenvalue weighted by Crippen LogP contribution is 2.28. The lowest BCUT2D eigenvalue weighted by molar-refractivity contribution is -0.148. The van der Waals surface area contributed by atoms with E-state index in [0.717, 1.165) is 10.9 Å². The number of nitrogens with zero attached hydrogens (tertiary/aromatic N) is 5. The van der Waals surface area contributed by atoms with Crippen molar-refractivity contribution in [3.8, 4) is 5.75 Å². The number of hydrogen-bond acceptors (Lipinski definition) is 8. The standard InChI is InChI=1S/C29H31FN6O5/c1-17(28(38)39)26-11-21(8-9-41-26)33-29-31-14-20-5-4-19(10-24(20)34-29)27(37)36(16-18-13-32-35(2)15-18)22-6-7-25(40-3)23(30)12-22/h4-7,10,12-15,17,21,26H,8-9,11,16H2,1-3H3,(H,38,39)(H,31,33,34)/t17-,21-,26-/m0/s1. The molecule has 41 heavy (non-hydrogen) atoms. The van der Waals surface area contributed by atoms with Crippen molar-refractivity contribution in [1.29, 1.82) is 0 Å². The van der Waals surface area contributed by atoms with Crippen molar-refractivity contribution in [3.05, 3.63) is 71.9 Å². The molecule has 2 aromatic carbocycles. The van der Waals surface area contributed by atoms with Gasteiger partial charge in [0.1, 0.15) is 0 Å². The summed E-state index contributed by atoms with van der Waals surface area (Å²) in [5.41, 5.74) is 2.06. The summed E-state index contributed by atoms with van der Waals surface area (Å²) in [4.78, 5) is 35.8. The van der Waals surface area contributed by atoms with Crippen LogP contribution in [0.2, 0.25) is 0 Å². The molecular weight excluding hydrogens is 531 g/mol. The number of nitrogens with one attached hydrogen (secondary N) is 1. The normalized spacial score (nSPS) is 17.7. The van der Waals surface area contributed by atoms with Crippen molar-refractivity contribution in [2.75, 3.05) is 23.9 Å². The topological polar surface area (TPSA) is 132 Å². The van der Waals surface area contributed by atoms with E-state index in [1.54, 1.807) is 61.5 Å². The van der Waals surface area contributed by atoms with Crippen molar-refractivity contribution in [3.63, 3.8) is 0 Å². The molecule has 2 aromatic heterocycles.